The molecule has 0 aliphatic carbocycles. The quantitative estimate of drug-likeness (QED) is 0.0352. The van der Waals surface area contributed by atoms with Crippen LogP contribution >= 0.6 is 0 Å². The molecule has 0 aromatic rings. The number of carbonyl (C=O) groups excluding carboxylic acids is 7. The number of hydrogen-bond donors (Lipinski definition) is 4. The Balaban J connectivity index is -0.000000495. The molecule has 0 aliphatic rings. The predicted molar refractivity (Wildman–Crippen MR) is 340 cm³/mol. The SMILES string of the molecule is C=C(CCNC(=O)CCCCOC(C)(C)C)C(C)(C)C.CC(C)(C)OCCCC(=O)NCCC(=O)C(C)(C)C.CC(C)(C)OCCCCCC(=O)NCCC(=O)C(C)(C)C.CC(C)(C)OCCCCCCC(=O)NCCC(=O)C(C)(C)C. The molecule has 0 aromatic heterocycles. The predicted octanol–water partition coefficient (Wildman–Crippen LogP) is 14.1. The molecule has 0 rings (SSSR count). The van der Waals surface area contributed by atoms with Crippen LogP contribution < -0.4 is 21.3 Å². The van der Waals surface area contributed by atoms with Crippen molar-refractivity contribution in [2.24, 2.45) is 21.7 Å². The third kappa shape index (κ3) is 64.0. The van der Waals surface area contributed by atoms with E-state index >= 15 is 0 Å². The normalized spacial score (nSPS) is 12.3. The molecule has 0 saturated heterocycles. The summed E-state index contributed by atoms with van der Waals surface area (Å²) < 4.78 is 22.4. The summed E-state index contributed by atoms with van der Waals surface area (Å²) in [7, 11) is 0. The number of rotatable bonds is 34. The molecular formula is C67H130N4O11. The Morgan fingerprint density at radius 1 is 0.268 bits per heavy atom. The molecule has 4 N–H and O–H groups in total. The highest BCUT2D eigenvalue weighted by Crippen LogP contribution is 2.25. The molecule has 82 heavy (non-hydrogen) atoms. The van der Waals surface area contributed by atoms with E-state index in [1.807, 2.05) is 125 Å². The Morgan fingerprint density at radius 3 is 0.732 bits per heavy atom. The van der Waals surface area contributed by atoms with Crippen molar-refractivity contribution in [1.82, 2.24) is 21.3 Å². The second-order valence-electron chi connectivity index (χ2n) is 29.7. The van der Waals surface area contributed by atoms with Crippen LogP contribution in [-0.4, -0.2) is 116 Å². The average molecular weight is 1170 g/mol. The van der Waals surface area contributed by atoms with Crippen molar-refractivity contribution in [3.05, 3.63) is 12.2 Å². The second kappa shape index (κ2) is 43.1. The minimum atomic E-state index is -0.328. The van der Waals surface area contributed by atoms with E-state index in [4.69, 9.17) is 18.9 Å². The van der Waals surface area contributed by atoms with Crippen molar-refractivity contribution in [2.45, 2.75) is 304 Å². The number of ketones is 3. The number of unbranched alkanes of at least 4 members (excludes halogenated alkanes) is 6. The van der Waals surface area contributed by atoms with Crippen molar-refractivity contribution < 1.29 is 52.5 Å². The lowest BCUT2D eigenvalue weighted by Gasteiger charge is -2.21. The Bertz CT molecular complexity index is 1790. The van der Waals surface area contributed by atoms with Crippen LogP contribution in [0.4, 0.5) is 0 Å². The molecule has 0 atom stereocenters. The molecule has 0 unspecified atom stereocenters. The van der Waals surface area contributed by atoms with Gasteiger partial charge in [-0.05, 0) is 140 Å². The lowest BCUT2D eigenvalue weighted by Crippen LogP contribution is -2.29. The van der Waals surface area contributed by atoms with Crippen LogP contribution in [0.3, 0.4) is 0 Å². The smallest absolute Gasteiger partial charge is 0.220 e. The molecule has 4 amide bonds. The lowest BCUT2D eigenvalue weighted by atomic mass is 9.86. The van der Waals surface area contributed by atoms with E-state index < -0.39 is 0 Å². The molecule has 0 aliphatic heterocycles. The number of ether oxygens (including phenoxy) is 4. The maximum Gasteiger partial charge on any atom is 0.220 e. The van der Waals surface area contributed by atoms with Crippen molar-refractivity contribution in [2.75, 3.05) is 52.6 Å². The fraction of sp³-hybridized carbons (Fsp3) is 0.866. The van der Waals surface area contributed by atoms with E-state index in [1.165, 1.54) is 5.57 Å². The zero-order valence-electron chi connectivity index (χ0n) is 57.6. The van der Waals surface area contributed by atoms with Crippen LogP contribution in [0.25, 0.3) is 0 Å². The number of nitrogens with one attached hydrogen (secondary N) is 4. The van der Waals surface area contributed by atoms with Gasteiger partial charge in [0.15, 0.2) is 0 Å². The van der Waals surface area contributed by atoms with Crippen LogP contribution in [-0.2, 0) is 52.5 Å². The average Bonchev–Trinajstić information content (AvgIpc) is 3.29. The molecule has 0 heterocycles. The number of hydrogen-bond acceptors (Lipinski definition) is 11. The second-order valence-corrected chi connectivity index (χ2v) is 29.7. The van der Waals surface area contributed by atoms with Crippen LogP contribution in [0.2, 0.25) is 0 Å². The fourth-order valence-corrected chi connectivity index (χ4v) is 6.59. The summed E-state index contributed by atoms with van der Waals surface area (Å²) >= 11 is 0. The van der Waals surface area contributed by atoms with Gasteiger partial charge in [-0.2, -0.15) is 0 Å². The fourth-order valence-electron chi connectivity index (χ4n) is 6.59. The van der Waals surface area contributed by atoms with Crippen LogP contribution in [0.15, 0.2) is 12.2 Å². The third-order valence-electron chi connectivity index (χ3n) is 12.2. The molecule has 0 spiro atoms. The molecule has 0 fully saturated rings. The van der Waals surface area contributed by atoms with Crippen molar-refractivity contribution in [3.63, 3.8) is 0 Å². The van der Waals surface area contributed by atoms with Gasteiger partial charge in [0.05, 0.1) is 22.4 Å². The first-order chi connectivity index (χ1) is 37.1. The highest BCUT2D eigenvalue weighted by molar-refractivity contribution is 5.86. The third-order valence-corrected chi connectivity index (χ3v) is 12.2. The molecule has 484 valence electrons. The zero-order chi connectivity index (χ0) is 64.7. The van der Waals surface area contributed by atoms with Gasteiger partial charge in [0.1, 0.15) is 17.3 Å². The molecule has 0 radical (unpaired) electrons. The molecule has 0 bridgehead atoms. The molecule has 15 heteroatoms. The number of carbonyl (C=O) groups is 7. The van der Waals surface area contributed by atoms with E-state index in [0.717, 1.165) is 84.0 Å². The van der Waals surface area contributed by atoms with Gasteiger partial charge in [0, 0.05) is 114 Å². The Morgan fingerprint density at radius 2 is 0.476 bits per heavy atom. The van der Waals surface area contributed by atoms with Gasteiger partial charge in [-0.25, -0.2) is 0 Å². The minimum Gasteiger partial charge on any atom is -0.376 e. The van der Waals surface area contributed by atoms with Gasteiger partial charge in [-0.1, -0.05) is 114 Å². The number of amides is 4. The summed E-state index contributed by atoms with van der Waals surface area (Å²) in [4.78, 5) is 81.5. The Hall–Kier alpha value is -3.53. The van der Waals surface area contributed by atoms with E-state index in [9.17, 15) is 33.6 Å². The first-order valence-electron chi connectivity index (χ1n) is 31.0. The van der Waals surface area contributed by atoms with Crippen LogP contribution in [0.1, 0.15) is 282 Å². The maximum atomic E-state index is 11.7. The topological polar surface area (TPSA) is 205 Å². The summed E-state index contributed by atoms with van der Waals surface area (Å²) in [5.41, 5.74) is -0.0684. The molecule has 0 saturated carbocycles. The monoisotopic (exact) mass is 1170 g/mol. The Labute approximate surface area is 503 Å². The number of Topliss-reactive ketones (excluding diaryl/α,β-unsaturated/α-hetero) is 3. The highest BCUT2D eigenvalue weighted by Gasteiger charge is 2.23. The molecular weight excluding hydrogens is 1040 g/mol. The van der Waals surface area contributed by atoms with Crippen LogP contribution in [0.5, 0.6) is 0 Å². The Kier molecular flexibility index (Phi) is 44.7. The standard InChI is InChI=1S/C18H35NO3.C17H33NO3.C17H33NO2.C15H29NO3/c1-17(2,3)15(20)12-13-19-16(21)11-9-7-8-10-14-22-18(4,5)6;1-16(2,3)14(19)11-12-18-15(20)10-8-7-9-13-21-17(4,5)6;1-14(16(2,3)4)11-12-18-15(19)10-8-9-13-20-17(5,6)7;1-14(2,3)12(17)9-10-16-13(18)8-7-11-19-15(4,5)6/h7-14H2,1-6H3,(H,19,21);7-13H2,1-6H3,(H,18,20);1,8-13H2,2-7H3,(H,18,19);7-11H2,1-6H3,(H,16,18). The van der Waals surface area contributed by atoms with E-state index in [1.54, 1.807) is 0 Å². The van der Waals surface area contributed by atoms with Crippen molar-refractivity contribution in [1.29, 1.82) is 0 Å². The van der Waals surface area contributed by atoms with Crippen LogP contribution in [0, 0.1) is 21.7 Å². The summed E-state index contributed by atoms with van der Waals surface area (Å²) in [6, 6.07) is 0. The maximum absolute atomic E-state index is 11.7. The highest BCUT2D eigenvalue weighted by atomic mass is 16.5. The summed E-state index contributed by atoms with van der Waals surface area (Å²) in [5, 5.41) is 11.4. The van der Waals surface area contributed by atoms with E-state index in [0.29, 0.717) is 84.2 Å². The van der Waals surface area contributed by atoms with E-state index in [-0.39, 0.29) is 85.0 Å². The van der Waals surface area contributed by atoms with Gasteiger partial charge < -0.3 is 40.2 Å². The lowest BCUT2D eigenvalue weighted by molar-refractivity contribution is -0.127. The van der Waals surface area contributed by atoms with E-state index in [2.05, 4.69) is 69.4 Å². The van der Waals surface area contributed by atoms with Gasteiger partial charge >= 0.3 is 0 Å². The molecule has 0 aromatic carbocycles. The van der Waals surface area contributed by atoms with Crippen molar-refractivity contribution in [3.8, 4) is 0 Å². The van der Waals surface area contributed by atoms with Gasteiger partial charge in [-0.15, -0.1) is 0 Å². The molecule has 15 nitrogen and oxygen atoms in total. The largest absolute Gasteiger partial charge is 0.376 e. The van der Waals surface area contributed by atoms with Crippen molar-refractivity contribution >= 4 is 41.0 Å². The zero-order valence-corrected chi connectivity index (χ0v) is 57.6. The van der Waals surface area contributed by atoms with Gasteiger partial charge in [0.25, 0.3) is 0 Å². The summed E-state index contributed by atoms with van der Waals surface area (Å²) in [6.07, 6.45) is 13.6. The van der Waals surface area contributed by atoms with Gasteiger partial charge in [-0.3, -0.25) is 33.6 Å². The van der Waals surface area contributed by atoms with Gasteiger partial charge in [0.2, 0.25) is 23.6 Å². The first-order valence-corrected chi connectivity index (χ1v) is 31.0. The first kappa shape index (κ1) is 84.9. The summed E-state index contributed by atoms with van der Waals surface area (Å²) in [5.74, 6) is 0.737. The summed E-state index contributed by atoms with van der Waals surface area (Å²) in [6.45, 7) is 56.8. The minimum absolute atomic E-state index is 0.0146.